The second-order valence-corrected chi connectivity index (χ2v) is 6.39. The topological polar surface area (TPSA) is 108 Å². The first kappa shape index (κ1) is 18.0. The van der Waals surface area contributed by atoms with Gasteiger partial charge in [-0.15, -0.1) is 0 Å². The van der Waals surface area contributed by atoms with E-state index in [1.54, 1.807) is 12.4 Å². The molecule has 1 aliphatic rings. The smallest absolute Gasteiger partial charge is 0.179 e. The van der Waals surface area contributed by atoms with E-state index < -0.39 is 37.3 Å². The average Bonchev–Trinajstić information content (AvgIpc) is 3.09. The Morgan fingerprint density at radius 3 is 2.32 bits per heavy atom. The molecule has 136 valence electrons. The van der Waals surface area contributed by atoms with Crippen LogP contribution in [0.15, 0.2) is 36.7 Å². The second kappa shape index (κ2) is 7.63. The third kappa shape index (κ3) is 3.75. The maximum atomic E-state index is 10.2. The monoisotopic (exact) mass is 348 g/mol. The Labute approximate surface area is 146 Å². The number of hydrogen-bond acceptors (Lipinski definition) is 6. The van der Waals surface area contributed by atoms with Crippen molar-refractivity contribution < 1.29 is 25.2 Å². The van der Waals surface area contributed by atoms with Crippen LogP contribution in [0.4, 0.5) is 0 Å². The van der Waals surface area contributed by atoms with Crippen LogP contribution in [0.2, 0.25) is 0 Å². The van der Waals surface area contributed by atoms with Crippen molar-refractivity contribution >= 4 is 0 Å². The van der Waals surface area contributed by atoms with Crippen molar-refractivity contribution in [3.8, 4) is 0 Å². The number of benzene rings is 1. The fraction of sp³-hybridized carbons (Fsp3) is 0.500. The maximum absolute atomic E-state index is 10.2. The van der Waals surface area contributed by atoms with Gasteiger partial charge < -0.3 is 25.2 Å². The van der Waals surface area contributed by atoms with Crippen molar-refractivity contribution in [2.24, 2.45) is 0 Å². The van der Waals surface area contributed by atoms with Crippen LogP contribution in [0.5, 0.6) is 0 Å². The van der Waals surface area contributed by atoms with Gasteiger partial charge >= 0.3 is 0 Å². The minimum atomic E-state index is -1.41. The molecular weight excluding hydrogens is 324 g/mol. The summed E-state index contributed by atoms with van der Waals surface area (Å²) in [4.78, 5) is 0. The van der Waals surface area contributed by atoms with Crippen LogP contribution < -0.4 is 0 Å². The fourth-order valence-electron chi connectivity index (χ4n) is 3.04. The van der Waals surface area contributed by atoms with Gasteiger partial charge in [0.1, 0.15) is 24.4 Å². The predicted molar refractivity (Wildman–Crippen MR) is 89.9 cm³/mol. The quantitative estimate of drug-likeness (QED) is 0.606. The molecule has 1 aromatic carbocycles. The van der Waals surface area contributed by atoms with Crippen LogP contribution in [-0.2, 0) is 17.6 Å². The van der Waals surface area contributed by atoms with E-state index in [1.165, 1.54) is 10.2 Å². The minimum absolute atomic E-state index is 0.459. The van der Waals surface area contributed by atoms with Crippen LogP contribution in [0.1, 0.15) is 29.8 Å². The molecule has 0 radical (unpaired) electrons. The van der Waals surface area contributed by atoms with Gasteiger partial charge in [-0.25, -0.2) is 4.68 Å². The van der Waals surface area contributed by atoms with E-state index in [4.69, 9.17) is 4.74 Å². The third-order valence-electron chi connectivity index (χ3n) is 4.62. The van der Waals surface area contributed by atoms with Gasteiger partial charge in [0, 0.05) is 12.6 Å². The van der Waals surface area contributed by atoms with Gasteiger partial charge in [0.15, 0.2) is 6.23 Å². The Morgan fingerprint density at radius 1 is 1.00 bits per heavy atom. The lowest BCUT2D eigenvalue weighted by Gasteiger charge is -2.39. The second-order valence-electron chi connectivity index (χ2n) is 6.39. The molecule has 0 unspecified atom stereocenters. The molecule has 25 heavy (non-hydrogen) atoms. The standard InChI is InChI=1S/C18H24N2O5/c1-2-11-3-5-12(6-4-11)7-13-8-19-20(9-13)18-17(24)16(23)15(22)14(10-21)25-18/h3-6,8-9,14-18,21-24H,2,7,10H2,1H3/t14-,15-,16+,17-,18-/m1/s1. The molecular formula is C18H24N2O5. The molecule has 5 atom stereocenters. The van der Waals surface area contributed by atoms with E-state index in [9.17, 15) is 20.4 Å². The lowest BCUT2D eigenvalue weighted by Crippen LogP contribution is -2.56. The summed E-state index contributed by atoms with van der Waals surface area (Å²) in [6, 6.07) is 8.34. The van der Waals surface area contributed by atoms with Crippen molar-refractivity contribution in [1.29, 1.82) is 0 Å². The molecule has 1 saturated heterocycles. The zero-order chi connectivity index (χ0) is 18.0. The molecule has 1 fully saturated rings. The Balaban J connectivity index is 1.73. The minimum Gasteiger partial charge on any atom is -0.394 e. The Bertz CT molecular complexity index is 685. The van der Waals surface area contributed by atoms with Gasteiger partial charge in [-0.05, 0) is 23.1 Å². The molecule has 3 rings (SSSR count). The lowest BCUT2D eigenvalue weighted by molar-refractivity contribution is -0.253. The van der Waals surface area contributed by atoms with Crippen LogP contribution in [-0.4, -0.2) is 61.2 Å². The van der Waals surface area contributed by atoms with E-state index in [2.05, 4.69) is 36.3 Å². The molecule has 0 bridgehead atoms. The summed E-state index contributed by atoms with van der Waals surface area (Å²) in [6.45, 7) is 1.65. The highest BCUT2D eigenvalue weighted by molar-refractivity contribution is 5.27. The number of ether oxygens (including phenoxy) is 1. The largest absolute Gasteiger partial charge is 0.394 e. The molecule has 2 aromatic rings. The van der Waals surface area contributed by atoms with Crippen LogP contribution in [0.3, 0.4) is 0 Å². The van der Waals surface area contributed by atoms with E-state index in [0.717, 1.165) is 17.5 Å². The molecule has 0 spiro atoms. The zero-order valence-electron chi connectivity index (χ0n) is 14.1. The summed E-state index contributed by atoms with van der Waals surface area (Å²) in [7, 11) is 0. The van der Waals surface area contributed by atoms with Gasteiger partial charge in [0.25, 0.3) is 0 Å². The number of aromatic nitrogens is 2. The lowest BCUT2D eigenvalue weighted by atomic mass is 9.98. The van der Waals surface area contributed by atoms with Crippen LogP contribution in [0, 0.1) is 0 Å². The number of rotatable bonds is 5. The average molecular weight is 348 g/mol. The first-order valence-electron chi connectivity index (χ1n) is 8.44. The van der Waals surface area contributed by atoms with Crippen molar-refractivity contribution in [1.82, 2.24) is 9.78 Å². The molecule has 7 nitrogen and oxygen atoms in total. The first-order chi connectivity index (χ1) is 12.0. The van der Waals surface area contributed by atoms with Crippen LogP contribution >= 0.6 is 0 Å². The number of hydrogen-bond donors (Lipinski definition) is 4. The number of aliphatic hydroxyl groups is 4. The number of aryl methyl sites for hydroxylation is 1. The molecule has 1 aromatic heterocycles. The number of nitrogens with zero attached hydrogens (tertiary/aromatic N) is 2. The highest BCUT2D eigenvalue weighted by Crippen LogP contribution is 2.28. The molecule has 0 amide bonds. The SMILES string of the molecule is CCc1ccc(Cc2cnn([C@@H]3O[C@H](CO)[C@@H](O)[C@H](O)[C@H]3O)c2)cc1. The van der Waals surface area contributed by atoms with Crippen molar-refractivity contribution in [3.63, 3.8) is 0 Å². The Morgan fingerprint density at radius 2 is 1.68 bits per heavy atom. The van der Waals surface area contributed by atoms with Crippen molar-refractivity contribution in [3.05, 3.63) is 53.3 Å². The summed E-state index contributed by atoms with van der Waals surface area (Å²) >= 11 is 0. The van der Waals surface area contributed by atoms with Crippen molar-refractivity contribution in [2.75, 3.05) is 6.61 Å². The maximum Gasteiger partial charge on any atom is 0.179 e. The summed E-state index contributed by atoms with van der Waals surface area (Å²) in [5.41, 5.74) is 3.35. The van der Waals surface area contributed by atoms with Gasteiger partial charge in [-0.1, -0.05) is 31.2 Å². The Hall–Kier alpha value is -1.77. The zero-order valence-corrected chi connectivity index (χ0v) is 14.1. The summed E-state index contributed by atoms with van der Waals surface area (Å²) in [5.74, 6) is 0. The molecule has 1 aliphatic heterocycles. The van der Waals surface area contributed by atoms with E-state index in [0.29, 0.717) is 6.42 Å². The van der Waals surface area contributed by atoms with Crippen molar-refractivity contribution in [2.45, 2.75) is 50.4 Å². The highest BCUT2D eigenvalue weighted by atomic mass is 16.6. The van der Waals surface area contributed by atoms with Crippen LogP contribution in [0.25, 0.3) is 0 Å². The van der Waals surface area contributed by atoms with Gasteiger partial charge in [0.2, 0.25) is 0 Å². The Kier molecular flexibility index (Phi) is 5.51. The van der Waals surface area contributed by atoms with Gasteiger partial charge in [-0.3, -0.25) is 0 Å². The summed E-state index contributed by atoms with van der Waals surface area (Å²) in [5, 5.41) is 43.4. The summed E-state index contributed by atoms with van der Waals surface area (Å²) < 4.78 is 6.92. The summed E-state index contributed by atoms with van der Waals surface area (Å²) in [6.07, 6.45) is -0.945. The fourth-order valence-corrected chi connectivity index (χ4v) is 3.04. The molecule has 7 heteroatoms. The number of aliphatic hydroxyl groups excluding tert-OH is 4. The normalized spacial score (nSPS) is 29.7. The molecule has 0 saturated carbocycles. The van der Waals surface area contributed by atoms with Gasteiger partial charge in [0.05, 0.1) is 12.8 Å². The first-order valence-corrected chi connectivity index (χ1v) is 8.44. The highest BCUT2D eigenvalue weighted by Gasteiger charge is 2.44. The molecule has 0 aliphatic carbocycles. The van der Waals surface area contributed by atoms with E-state index >= 15 is 0 Å². The third-order valence-corrected chi connectivity index (χ3v) is 4.62. The molecule has 2 heterocycles. The predicted octanol–water partition coefficient (Wildman–Crippen LogP) is 0.00870. The van der Waals surface area contributed by atoms with E-state index in [1.807, 2.05) is 0 Å². The van der Waals surface area contributed by atoms with Gasteiger partial charge in [-0.2, -0.15) is 5.10 Å². The molecule has 4 N–H and O–H groups in total. The van der Waals surface area contributed by atoms with E-state index in [-0.39, 0.29) is 0 Å².